The number of fused-ring (bicyclic) bond motifs is 1. The molecule has 0 aromatic carbocycles. The smallest absolute Gasteiger partial charge is 0.175 e. The zero-order chi connectivity index (χ0) is 7.19. The monoisotopic (exact) mass is 208 g/mol. The minimum Gasteiger partial charge on any atom is -0.389 e. The lowest BCUT2D eigenvalue weighted by Crippen LogP contribution is -2.36. The first-order chi connectivity index (χ1) is 4.73. The van der Waals surface area contributed by atoms with E-state index in [1.165, 1.54) is 0 Å². The maximum Gasteiger partial charge on any atom is 0.175 e. The Morgan fingerprint density at radius 2 is 2.30 bits per heavy atom. The quantitative estimate of drug-likeness (QED) is 0.581. The Morgan fingerprint density at radius 1 is 1.50 bits per heavy atom. The predicted molar refractivity (Wildman–Crippen MR) is 38.0 cm³/mol. The fourth-order valence-corrected chi connectivity index (χ4v) is 1.96. The molecule has 2 rings (SSSR count). The average Bonchev–Trinajstić information content (AvgIpc) is 2.36. The summed E-state index contributed by atoms with van der Waals surface area (Å²) >= 11 is 3.44. The topological polar surface area (TPSA) is 38.7 Å². The standard InChI is InChI=1S/C6H9BrO3/c7-6-1-2-9-5(6)10-3-4(6)8/h4-5,8H,1-3H2/t4-,5+,6?/m0/s1. The number of rotatable bonds is 0. The number of aliphatic hydroxyl groups is 1. The third-order valence-electron chi connectivity index (χ3n) is 2.11. The number of aliphatic hydroxyl groups excluding tert-OH is 1. The molecule has 4 heteroatoms. The molecule has 0 spiro atoms. The van der Waals surface area contributed by atoms with Crippen molar-refractivity contribution in [3.63, 3.8) is 0 Å². The maximum absolute atomic E-state index is 9.41. The Bertz CT molecular complexity index is 152. The van der Waals surface area contributed by atoms with Crippen molar-refractivity contribution in [2.45, 2.75) is 23.1 Å². The van der Waals surface area contributed by atoms with E-state index in [1.54, 1.807) is 0 Å². The third-order valence-corrected chi connectivity index (χ3v) is 3.40. The van der Waals surface area contributed by atoms with Crippen molar-refractivity contribution in [2.24, 2.45) is 0 Å². The van der Waals surface area contributed by atoms with Gasteiger partial charge in [-0.3, -0.25) is 0 Å². The zero-order valence-electron chi connectivity index (χ0n) is 5.42. The molecule has 2 heterocycles. The Kier molecular flexibility index (Phi) is 1.53. The molecule has 0 aromatic heterocycles. The largest absolute Gasteiger partial charge is 0.389 e. The molecule has 1 unspecified atom stereocenters. The Labute approximate surface area is 67.4 Å². The highest BCUT2D eigenvalue weighted by Crippen LogP contribution is 2.42. The maximum atomic E-state index is 9.41. The fraction of sp³-hybridized carbons (Fsp3) is 1.00. The molecule has 3 atom stereocenters. The molecule has 3 nitrogen and oxygen atoms in total. The number of hydrogen-bond donors (Lipinski definition) is 1. The van der Waals surface area contributed by atoms with Gasteiger partial charge < -0.3 is 14.6 Å². The van der Waals surface area contributed by atoms with E-state index in [9.17, 15) is 5.11 Å². The summed E-state index contributed by atoms with van der Waals surface area (Å²) in [6.45, 7) is 1.06. The molecule has 0 bridgehead atoms. The lowest BCUT2D eigenvalue weighted by molar-refractivity contribution is -0.0861. The van der Waals surface area contributed by atoms with Gasteiger partial charge in [0.05, 0.1) is 19.3 Å². The van der Waals surface area contributed by atoms with Crippen molar-refractivity contribution in [3.05, 3.63) is 0 Å². The highest BCUT2D eigenvalue weighted by molar-refractivity contribution is 9.10. The average molecular weight is 209 g/mol. The van der Waals surface area contributed by atoms with Crippen LogP contribution >= 0.6 is 15.9 Å². The number of ether oxygens (including phenoxy) is 2. The van der Waals surface area contributed by atoms with Gasteiger partial charge in [-0.1, -0.05) is 15.9 Å². The Hall–Kier alpha value is 0.360. The second-order valence-electron chi connectivity index (χ2n) is 2.73. The predicted octanol–water partition coefficient (Wildman–Crippen LogP) is 0.258. The van der Waals surface area contributed by atoms with Gasteiger partial charge in [-0.05, 0) is 6.42 Å². The molecule has 2 aliphatic heterocycles. The van der Waals surface area contributed by atoms with Gasteiger partial charge in [0.1, 0.15) is 4.32 Å². The van der Waals surface area contributed by atoms with Crippen LogP contribution in [0.15, 0.2) is 0 Å². The summed E-state index contributed by atoms with van der Waals surface area (Å²) in [5.74, 6) is 0. The van der Waals surface area contributed by atoms with Crippen molar-refractivity contribution >= 4 is 15.9 Å². The van der Waals surface area contributed by atoms with E-state index >= 15 is 0 Å². The summed E-state index contributed by atoms with van der Waals surface area (Å²) in [6, 6.07) is 0. The Balaban J connectivity index is 2.21. The second-order valence-corrected chi connectivity index (χ2v) is 4.21. The van der Waals surface area contributed by atoms with Gasteiger partial charge >= 0.3 is 0 Å². The van der Waals surface area contributed by atoms with Crippen molar-refractivity contribution in [3.8, 4) is 0 Å². The van der Waals surface area contributed by atoms with E-state index in [-0.39, 0.29) is 10.6 Å². The molecular weight excluding hydrogens is 200 g/mol. The van der Waals surface area contributed by atoms with Gasteiger partial charge in [-0.15, -0.1) is 0 Å². The van der Waals surface area contributed by atoms with Crippen LogP contribution in [0.1, 0.15) is 6.42 Å². The fourth-order valence-electron chi connectivity index (χ4n) is 1.41. The van der Waals surface area contributed by atoms with Gasteiger partial charge in [0.25, 0.3) is 0 Å². The summed E-state index contributed by atoms with van der Waals surface area (Å²) in [5, 5.41) is 9.41. The van der Waals surface area contributed by atoms with Gasteiger partial charge in [-0.25, -0.2) is 0 Å². The number of halogens is 1. The summed E-state index contributed by atoms with van der Waals surface area (Å²) in [6.07, 6.45) is 0.182. The zero-order valence-corrected chi connectivity index (χ0v) is 7.00. The lowest BCUT2D eigenvalue weighted by Gasteiger charge is -2.20. The SMILES string of the molecule is O[C@H]1CO[C@H]2OCCC21Br. The van der Waals surface area contributed by atoms with Gasteiger partial charge in [0.15, 0.2) is 6.29 Å². The van der Waals surface area contributed by atoms with Crippen molar-refractivity contribution < 1.29 is 14.6 Å². The van der Waals surface area contributed by atoms with E-state index in [4.69, 9.17) is 9.47 Å². The van der Waals surface area contributed by atoms with Crippen LogP contribution in [0.2, 0.25) is 0 Å². The van der Waals surface area contributed by atoms with Gasteiger partial charge in [-0.2, -0.15) is 0 Å². The van der Waals surface area contributed by atoms with Crippen molar-refractivity contribution in [1.82, 2.24) is 0 Å². The number of hydrogen-bond acceptors (Lipinski definition) is 3. The van der Waals surface area contributed by atoms with Crippen LogP contribution in [-0.2, 0) is 9.47 Å². The summed E-state index contributed by atoms with van der Waals surface area (Å²) in [5.41, 5.74) is 0. The first kappa shape index (κ1) is 7.03. The normalized spacial score (nSPS) is 53.4. The van der Waals surface area contributed by atoms with Crippen molar-refractivity contribution in [2.75, 3.05) is 13.2 Å². The molecule has 0 radical (unpaired) electrons. The van der Waals surface area contributed by atoms with Crippen LogP contribution < -0.4 is 0 Å². The molecule has 2 aliphatic rings. The van der Waals surface area contributed by atoms with Gasteiger partial charge in [0.2, 0.25) is 0 Å². The molecule has 0 amide bonds. The van der Waals surface area contributed by atoms with E-state index < -0.39 is 6.10 Å². The summed E-state index contributed by atoms with van der Waals surface area (Å²) < 4.78 is 10.1. The van der Waals surface area contributed by atoms with E-state index in [0.29, 0.717) is 13.2 Å². The minimum atomic E-state index is -0.417. The van der Waals surface area contributed by atoms with Gasteiger partial charge in [0, 0.05) is 0 Å². The molecule has 0 aromatic rings. The van der Waals surface area contributed by atoms with Crippen LogP contribution in [0.3, 0.4) is 0 Å². The second kappa shape index (κ2) is 2.17. The lowest BCUT2D eigenvalue weighted by atomic mass is 10.0. The highest BCUT2D eigenvalue weighted by Gasteiger charge is 2.53. The minimum absolute atomic E-state index is 0.234. The molecule has 0 saturated carbocycles. The molecule has 1 N–H and O–H groups in total. The highest BCUT2D eigenvalue weighted by atomic mass is 79.9. The summed E-state index contributed by atoms with van der Waals surface area (Å²) in [4.78, 5) is 0. The first-order valence-corrected chi connectivity index (χ1v) is 4.13. The van der Waals surface area contributed by atoms with E-state index in [1.807, 2.05) is 0 Å². The molecule has 2 saturated heterocycles. The summed E-state index contributed by atoms with van der Waals surface area (Å²) in [7, 11) is 0. The molecule has 2 fully saturated rings. The first-order valence-electron chi connectivity index (χ1n) is 3.34. The van der Waals surface area contributed by atoms with E-state index in [0.717, 1.165) is 6.42 Å². The molecule has 10 heavy (non-hydrogen) atoms. The molecule has 0 aliphatic carbocycles. The molecular formula is C6H9BrO3. The number of alkyl halides is 1. The van der Waals surface area contributed by atoms with E-state index in [2.05, 4.69) is 15.9 Å². The third kappa shape index (κ3) is 0.763. The molecule has 58 valence electrons. The van der Waals surface area contributed by atoms with Crippen molar-refractivity contribution in [1.29, 1.82) is 0 Å². The van der Waals surface area contributed by atoms with Crippen LogP contribution in [0.5, 0.6) is 0 Å². The van der Waals surface area contributed by atoms with Crippen LogP contribution in [0.25, 0.3) is 0 Å². The Morgan fingerprint density at radius 3 is 3.00 bits per heavy atom. The van der Waals surface area contributed by atoms with Crippen LogP contribution in [0.4, 0.5) is 0 Å². The van der Waals surface area contributed by atoms with Crippen LogP contribution in [-0.4, -0.2) is 35.0 Å². The van der Waals surface area contributed by atoms with Crippen LogP contribution in [0, 0.1) is 0 Å².